The SMILES string of the molecule is CCNc1ncnc(Nc2ccsc2)c1CC. The second-order valence-electron chi connectivity index (χ2n) is 3.57. The molecule has 0 bridgehead atoms. The van der Waals surface area contributed by atoms with Crippen molar-refractivity contribution in [3.63, 3.8) is 0 Å². The molecule has 2 aromatic rings. The molecule has 0 atom stereocenters. The molecule has 0 unspecified atom stereocenters. The quantitative estimate of drug-likeness (QED) is 0.852. The summed E-state index contributed by atoms with van der Waals surface area (Å²) in [5.41, 5.74) is 2.20. The first kappa shape index (κ1) is 11.9. The highest BCUT2D eigenvalue weighted by Gasteiger charge is 2.09. The molecule has 0 aliphatic rings. The fourth-order valence-electron chi connectivity index (χ4n) is 1.65. The van der Waals surface area contributed by atoms with Gasteiger partial charge in [-0.05, 0) is 24.8 Å². The average molecular weight is 248 g/mol. The molecule has 2 rings (SSSR count). The number of thiophene rings is 1. The van der Waals surface area contributed by atoms with Gasteiger partial charge in [0.2, 0.25) is 0 Å². The van der Waals surface area contributed by atoms with Crippen molar-refractivity contribution in [3.8, 4) is 0 Å². The molecule has 4 nitrogen and oxygen atoms in total. The van der Waals surface area contributed by atoms with Crippen LogP contribution >= 0.6 is 11.3 Å². The Morgan fingerprint density at radius 3 is 2.71 bits per heavy atom. The van der Waals surface area contributed by atoms with E-state index >= 15 is 0 Å². The number of anilines is 3. The fourth-order valence-corrected chi connectivity index (χ4v) is 2.23. The standard InChI is InChI=1S/C12H16N4S/c1-3-10-11(13-4-2)14-8-15-12(10)16-9-5-6-17-7-9/h5-8H,3-4H2,1-2H3,(H2,13,14,15,16). The summed E-state index contributed by atoms with van der Waals surface area (Å²) in [7, 11) is 0. The van der Waals surface area contributed by atoms with Crippen LogP contribution in [0.15, 0.2) is 23.2 Å². The highest BCUT2D eigenvalue weighted by molar-refractivity contribution is 7.08. The first-order valence-corrected chi connectivity index (χ1v) is 6.66. The number of hydrogen-bond acceptors (Lipinski definition) is 5. The van der Waals surface area contributed by atoms with E-state index in [1.165, 1.54) is 0 Å². The van der Waals surface area contributed by atoms with Crippen molar-refractivity contribution in [2.45, 2.75) is 20.3 Å². The van der Waals surface area contributed by atoms with Gasteiger partial charge in [-0.3, -0.25) is 0 Å². The topological polar surface area (TPSA) is 49.8 Å². The van der Waals surface area contributed by atoms with Crippen LogP contribution in [0.25, 0.3) is 0 Å². The lowest BCUT2D eigenvalue weighted by Gasteiger charge is -2.12. The fraction of sp³-hybridized carbons (Fsp3) is 0.333. The van der Waals surface area contributed by atoms with E-state index in [1.807, 2.05) is 11.4 Å². The van der Waals surface area contributed by atoms with Gasteiger partial charge in [0, 0.05) is 17.5 Å². The Labute approximate surface area is 105 Å². The van der Waals surface area contributed by atoms with Crippen molar-refractivity contribution < 1.29 is 0 Å². The van der Waals surface area contributed by atoms with Gasteiger partial charge in [-0.25, -0.2) is 9.97 Å². The number of rotatable bonds is 5. The molecule has 0 aliphatic heterocycles. The van der Waals surface area contributed by atoms with E-state index in [4.69, 9.17) is 0 Å². The van der Waals surface area contributed by atoms with E-state index in [1.54, 1.807) is 17.7 Å². The highest BCUT2D eigenvalue weighted by atomic mass is 32.1. The lowest BCUT2D eigenvalue weighted by Crippen LogP contribution is -2.07. The molecule has 0 saturated carbocycles. The Bertz CT molecular complexity index is 467. The summed E-state index contributed by atoms with van der Waals surface area (Å²) in [6.45, 7) is 5.04. The monoisotopic (exact) mass is 248 g/mol. The summed E-state index contributed by atoms with van der Waals surface area (Å²) >= 11 is 1.67. The maximum atomic E-state index is 4.31. The minimum Gasteiger partial charge on any atom is -0.370 e. The molecule has 0 fully saturated rings. The van der Waals surface area contributed by atoms with Crippen LogP contribution in [0.2, 0.25) is 0 Å². The first-order valence-electron chi connectivity index (χ1n) is 5.72. The zero-order chi connectivity index (χ0) is 12.1. The van der Waals surface area contributed by atoms with Gasteiger partial charge in [0.25, 0.3) is 0 Å². The van der Waals surface area contributed by atoms with E-state index in [-0.39, 0.29) is 0 Å². The number of hydrogen-bond donors (Lipinski definition) is 2. The number of nitrogens with one attached hydrogen (secondary N) is 2. The lowest BCUT2D eigenvalue weighted by molar-refractivity contribution is 1.03. The molecule has 0 amide bonds. The molecule has 0 saturated heterocycles. The van der Waals surface area contributed by atoms with E-state index in [2.05, 4.69) is 39.8 Å². The third-order valence-corrected chi connectivity index (χ3v) is 3.11. The molecule has 0 spiro atoms. The predicted octanol–water partition coefficient (Wildman–Crippen LogP) is 3.28. The largest absolute Gasteiger partial charge is 0.370 e. The number of aromatic nitrogens is 2. The van der Waals surface area contributed by atoms with Crippen molar-refractivity contribution in [1.82, 2.24) is 9.97 Å². The Morgan fingerprint density at radius 2 is 2.06 bits per heavy atom. The molecule has 0 radical (unpaired) electrons. The van der Waals surface area contributed by atoms with Crippen molar-refractivity contribution in [2.75, 3.05) is 17.2 Å². The van der Waals surface area contributed by atoms with E-state index in [0.29, 0.717) is 0 Å². The van der Waals surface area contributed by atoms with E-state index < -0.39 is 0 Å². The van der Waals surface area contributed by atoms with Crippen LogP contribution in [0.1, 0.15) is 19.4 Å². The minimum atomic E-state index is 0.863. The van der Waals surface area contributed by atoms with Crippen LogP contribution < -0.4 is 10.6 Å². The second-order valence-corrected chi connectivity index (χ2v) is 4.35. The summed E-state index contributed by atoms with van der Waals surface area (Å²) in [6, 6.07) is 2.04. The molecular weight excluding hydrogens is 232 g/mol. The number of nitrogens with zero attached hydrogens (tertiary/aromatic N) is 2. The van der Waals surface area contributed by atoms with Gasteiger partial charge in [-0.2, -0.15) is 11.3 Å². The molecule has 2 N–H and O–H groups in total. The summed E-state index contributed by atoms with van der Waals surface area (Å²) < 4.78 is 0. The summed E-state index contributed by atoms with van der Waals surface area (Å²) in [5.74, 6) is 1.81. The van der Waals surface area contributed by atoms with Crippen LogP contribution in [0, 0.1) is 0 Å². The molecule has 17 heavy (non-hydrogen) atoms. The van der Waals surface area contributed by atoms with Crippen molar-refractivity contribution in [3.05, 3.63) is 28.7 Å². The second kappa shape index (κ2) is 5.63. The van der Waals surface area contributed by atoms with Gasteiger partial charge >= 0.3 is 0 Å². The van der Waals surface area contributed by atoms with Gasteiger partial charge in [-0.15, -0.1) is 0 Å². The van der Waals surface area contributed by atoms with Crippen LogP contribution in [-0.2, 0) is 6.42 Å². The highest BCUT2D eigenvalue weighted by Crippen LogP contribution is 2.24. The Balaban J connectivity index is 2.29. The summed E-state index contributed by atoms with van der Waals surface area (Å²) in [4.78, 5) is 8.58. The van der Waals surface area contributed by atoms with Gasteiger partial charge in [0.05, 0.1) is 5.69 Å². The molecule has 2 aromatic heterocycles. The molecular formula is C12H16N4S. The third-order valence-electron chi connectivity index (χ3n) is 2.43. The smallest absolute Gasteiger partial charge is 0.139 e. The predicted molar refractivity (Wildman–Crippen MR) is 73.2 cm³/mol. The van der Waals surface area contributed by atoms with Gasteiger partial charge in [0.15, 0.2) is 0 Å². The van der Waals surface area contributed by atoms with Crippen LogP contribution in [0.4, 0.5) is 17.3 Å². The van der Waals surface area contributed by atoms with Crippen molar-refractivity contribution >= 4 is 28.7 Å². The third kappa shape index (κ3) is 2.74. The van der Waals surface area contributed by atoms with Crippen molar-refractivity contribution in [2.24, 2.45) is 0 Å². The summed E-state index contributed by atoms with van der Waals surface area (Å²) in [6.07, 6.45) is 2.49. The van der Waals surface area contributed by atoms with Gasteiger partial charge in [-0.1, -0.05) is 6.92 Å². The molecule has 2 heterocycles. The zero-order valence-corrected chi connectivity index (χ0v) is 10.8. The molecule has 90 valence electrons. The van der Waals surface area contributed by atoms with Crippen LogP contribution in [-0.4, -0.2) is 16.5 Å². The van der Waals surface area contributed by atoms with Crippen LogP contribution in [0.5, 0.6) is 0 Å². The maximum absolute atomic E-state index is 4.31. The van der Waals surface area contributed by atoms with E-state index in [9.17, 15) is 0 Å². The molecule has 0 aromatic carbocycles. The Kier molecular flexibility index (Phi) is 3.93. The van der Waals surface area contributed by atoms with E-state index in [0.717, 1.165) is 35.9 Å². The zero-order valence-electron chi connectivity index (χ0n) is 10.0. The van der Waals surface area contributed by atoms with Crippen LogP contribution in [0.3, 0.4) is 0 Å². The normalized spacial score (nSPS) is 10.2. The molecule has 0 aliphatic carbocycles. The van der Waals surface area contributed by atoms with Crippen molar-refractivity contribution in [1.29, 1.82) is 0 Å². The molecule has 5 heteroatoms. The Hall–Kier alpha value is -1.62. The average Bonchev–Trinajstić information content (AvgIpc) is 2.83. The summed E-state index contributed by atoms with van der Waals surface area (Å²) in [5, 5.41) is 10.7. The Morgan fingerprint density at radius 1 is 1.24 bits per heavy atom. The lowest BCUT2D eigenvalue weighted by atomic mass is 10.2. The minimum absolute atomic E-state index is 0.863. The van der Waals surface area contributed by atoms with Gasteiger partial charge < -0.3 is 10.6 Å². The maximum Gasteiger partial charge on any atom is 0.139 e. The van der Waals surface area contributed by atoms with Gasteiger partial charge in [0.1, 0.15) is 18.0 Å². The first-order chi connectivity index (χ1) is 8.35.